The largest absolute Gasteiger partial charge is 0.343 e. The highest BCUT2D eigenvalue weighted by molar-refractivity contribution is 6.05. The molecule has 2 fully saturated rings. The lowest BCUT2D eigenvalue weighted by Gasteiger charge is -2.40. The van der Waals surface area contributed by atoms with E-state index in [1.165, 1.54) is 11.1 Å². The fraction of sp³-hybridized carbons (Fsp3) is 0.526. The molecule has 0 bridgehead atoms. The molecule has 0 unspecified atom stereocenters. The zero-order chi connectivity index (χ0) is 18.1. The normalized spacial score (nSPS) is 24.2. The van der Waals surface area contributed by atoms with Gasteiger partial charge in [0.05, 0.1) is 6.42 Å². The summed E-state index contributed by atoms with van der Waals surface area (Å²) < 4.78 is 0. The van der Waals surface area contributed by atoms with Crippen LogP contribution in [0.4, 0.5) is 4.79 Å². The molecule has 1 atom stereocenters. The third-order valence-electron chi connectivity index (χ3n) is 5.73. The van der Waals surface area contributed by atoms with E-state index in [9.17, 15) is 14.4 Å². The Morgan fingerprint density at radius 3 is 2.50 bits per heavy atom. The first-order valence-corrected chi connectivity index (χ1v) is 9.30. The Bertz CT molecular complexity index is 727. The first kappa shape index (κ1) is 17.0. The molecule has 4 rings (SSSR count). The van der Waals surface area contributed by atoms with Crippen LogP contribution < -0.4 is 10.6 Å². The molecule has 0 radical (unpaired) electrons. The Morgan fingerprint density at radius 1 is 1.08 bits per heavy atom. The number of carbonyl (C=O) groups is 3. The van der Waals surface area contributed by atoms with Gasteiger partial charge in [-0.2, -0.15) is 0 Å². The number of imide groups is 1. The number of hydrogen-bond acceptors (Lipinski definition) is 4. The lowest BCUT2D eigenvalue weighted by molar-refractivity contribution is -0.135. The van der Waals surface area contributed by atoms with Crippen molar-refractivity contribution in [3.63, 3.8) is 0 Å². The van der Waals surface area contributed by atoms with Crippen LogP contribution in [0.3, 0.4) is 0 Å². The number of likely N-dealkylation sites (tertiary alicyclic amines) is 1. The van der Waals surface area contributed by atoms with Crippen molar-refractivity contribution in [3.05, 3.63) is 35.4 Å². The molecular weight excluding hydrogens is 332 g/mol. The highest BCUT2D eigenvalue weighted by Crippen LogP contribution is 2.25. The zero-order valence-electron chi connectivity index (χ0n) is 14.7. The number of hydrogen-bond donors (Lipinski definition) is 2. The van der Waals surface area contributed by atoms with Gasteiger partial charge in [-0.3, -0.25) is 19.8 Å². The van der Waals surface area contributed by atoms with Gasteiger partial charge in [0.1, 0.15) is 6.04 Å². The molecule has 3 heterocycles. The molecule has 0 aromatic heterocycles. The van der Waals surface area contributed by atoms with Gasteiger partial charge in [0.2, 0.25) is 5.91 Å². The van der Waals surface area contributed by atoms with Crippen molar-refractivity contribution in [3.8, 4) is 0 Å². The molecule has 26 heavy (non-hydrogen) atoms. The maximum Gasteiger partial charge on any atom is 0.322 e. The van der Waals surface area contributed by atoms with Gasteiger partial charge >= 0.3 is 6.03 Å². The summed E-state index contributed by atoms with van der Waals surface area (Å²) in [5.74, 6) is -0.472. The van der Waals surface area contributed by atoms with Crippen molar-refractivity contribution in [2.45, 2.75) is 44.3 Å². The number of nitrogens with zero attached hydrogens (tertiary/aromatic N) is 2. The Balaban J connectivity index is 1.28. The van der Waals surface area contributed by atoms with E-state index in [0.717, 1.165) is 32.4 Å². The van der Waals surface area contributed by atoms with E-state index >= 15 is 0 Å². The van der Waals surface area contributed by atoms with Crippen LogP contribution in [0, 0.1) is 0 Å². The van der Waals surface area contributed by atoms with E-state index in [2.05, 4.69) is 39.8 Å². The molecule has 7 heteroatoms. The number of amides is 4. The van der Waals surface area contributed by atoms with Gasteiger partial charge < -0.3 is 10.2 Å². The number of carbonyl (C=O) groups excluding carboxylic acids is 3. The van der Waals surface area contributed by atoms with Crippen LogP contribution in [-0.2, 0) is 22.6 Å². The summed E-state index contributed by atoms with van der Waals surface area (Å²) in [6.45, 7) is 3.49. The molecule has 0 spiro atoms. The van der Waals surface area contributed by atoms with Crippen molar-refractivity contribution >= 4 is 17.8 Å². The molecule has 7 nitrogen and oxygen atoms in total. The molecular formula is C19H24N4O3. The van der Waals surface area contributed by atoms with Crippen molar-refractivity contribution in [2.24, 2.45) is 0 Å². The van der Waals surface area contributed by atoms with Crippen molar-refractivity contribution < 1.29 is 14.4 Å². The van der Waals surface area contributed by atoms with Crippen molar-refractivity contribution in [1.82, 2.24) is 20.4 Å². The Kier molecular flexibility index (Phi) is 4.63. The van der Waals surface area contributed by atoms with Gasteiger partial charge in [-0.05, 0) is 30.4 Å². The second-order valence-corrected chi connectivity index (χ2v) is 7.32. The SMILES string of the molecule is O=C1NC(=O)[C@@H](CC(=O)N2CCC(N3CCc4ccccc4C3)CC2)N1. The van der Waals surface area contributed by atoms with E-state index in [0.29, 0.717) is 19.1 Å². The number of urea groups is 1. The molecule has 138 valence electrons. The molecule has 2 N–H and O–H groups in total. The van der Waals surface area contributed by atoms with Gasteiger partial charge in [-0.25, -0.2) is 4.79 Å². The molecule has 2 saturated heterocycles. The number of benzene rings is 1. The molecule has 1 aromatic carbocycles. The summed E-state index contributed by atoms with van der Waals surface area (Å²) in [7, 11) is 0. The molecule has 1 aromatic rings. The Hall–Kier alpha value is -2.41. The second-order valence-electron chi connectivity index (χ2n) is 7.32. The topological polar surface area (TPSA) is 81.8 Å². The summed E-state index contributed by atoms with van der Waals surface area (Å²) in [6.07, 6.45) is 3.04. The van der Waals surface area contributed by atoms with E-state index in [1.807, 2.05) is 4.90 Å². The van der Waals surface area contributed by atoms with Crippen LogP contribution in [0.1, 0.15) is 30.4 Å². The van der Waals surface area contributed by atoms with Crippen molar-refractivity contribution in [1.29, 1.82) is 0 Å². The first-order chi connectivity index (χ1) is 12.6. The molecule has 0 saturated carbocycles. The van der Waals surface area contributed by atoms with Crippen LogP contribution in [0.15, 0.2) is 24.3 Å². The van der Waals surface area contributed by atoms with Crippen LogP contribution in [0.5, 0.6) is 0 Å². The van der Waals surface area contributed by atoms with Gasteiger partial charge in [0.25, 0.3) is 5.91 Å². The summed E-state index contributed by atoms with van der Waals surface area (Å²) in [6, 6.07) is 7.88. The highest BCUT2D eigenvalue weighted by atomic mass is 16.2. The third-order valence-corrected chi connectivity index (χ3v) is 5.73. The summed E-state index contributed by atoms with van der Waals surface area (Å²) >= 11 is 0. The average molecular weight is 356 g/mol. The molecule has 3 aliphatic heterocycles. The summed E-state index contributed by atoms with van der Waals surface area (Å²) in [5, 5.41) is 4.66. The van der Waals surface area contributed by atoms with E-state index < -0.39 is 18.0 Å². The van der Waals surface area contributed by atoms with Crippen molar-refractivity contribution in [2.75, 3.05) is 19.6 Å². The zero-order valence-corrected chi connectivity index (χ0v) is 14.7. The fourth-order valence-corrected chi connectivity index (χ4v) is 4.22. The van der Waals surface area contributed by atoms with Crippen LogP contribution >= 0.6 is 0 Å². The Labute approximate surface area is 152 Å². The lowest BCUT2D eigenvalue weighted by Crippen LogP contribution is -2.49. The fourth-order valence-electron chi connectivity index (χ4n) is 4.22. The van der Waals surface area contributed by atoms with Gasteiger partial charge in [0.15, 0.2) is 0 Å². The molecule has 3 aliphatic rings. The minimum atomic E-state index is -0.730. The number of rotatable bonds is 3. The third kappa shape index (κ3) is 3.44. The summed E-state index contributed by atoms with van der Waals surface area (Å²) in [4.78, 5) is 39.5. The van der Waals surface area contributed by atoms with Gasteiger partial charge in [0, 0.05) is 32.2 Å². The predicted octanol–water partition coefficient (Wildman–Crippen LogP) is 0.634. The maximum atomic E-state index is 12.4. The minimum Gasteiger partial charge on any atom is -0.343 e. The predicted molar refractivity (Wildman–Crippen MR) is 95.2 cm³/mol. The quantitative estimate of drug-likeness (QED) is 0.779. The van der Waals surface area contributed by atoms with Crippen LogP contribution in [0.25, 0.3) is 0 Å². The number of fused-ring (bicyclic) bond motifs is 1. The monoisotopic (exact) mass is 356 g/mol. The molecule has 4 amide bonds. The smallest absolute Gasteiger partial charge is 0.322 e. The average Bonchev–Trinajstić information content (AvgIpc) is 2.98. The summed E-state index contributed by atoms with van der Waals surface area (Å²) in [5.41, 5.74) is 2.87. The highest BCUT2D eigenvalue weighted by Gasteiger charge is 2.34. The lowest BCUT2D eigenvalue weighted by atomic mass is 9.95. The van der Waals surface area contributed by atoms with Crippen LogP contribution in [-0.4, -0.2) is 59.4 Å². The Morgan fingerprint density at radius 2 is 1.81 bits per heavy atom. The molecule has 0 aliphatic carbocycles. The maximum absolute atomic E-state index is 12.4. The van der Waals surface area contributed by atoms with Gasteiger partial charge in [-0.1, -0.05) is 24.3 Å². The van der Waals surface area contributed by atoms with Gasteiger partial charge in [-0.15, -0.1) is 0 Å². The van der Waals surface area contributed by atoms with E-state index in [-0.39, 0.29) is 12.3 Å². The van der Waals surface area contributed by atoms with Crippen LogP contribution in [0.2, 0.25) is 0 Å². The first-order valence-electron chi connectivity index (χ1n) is 9.30. The second kappa shape index (κ2) is 7.07. The minimum absolute atomic E-state index is 0.0410. The standard InChI is InChI=1S/C19H24N4O3/c24-17(11-16-18(25)21-19(26)20-16)22-9-6-15(7-10-22)23-8-5-13-3-1-2-4-14(13)12-23/h1-4,15-16H,5-12H2,(H2,20,21,25,26)/t16-/m1/s1. The van der Waals surface area contributed by atoms with E-state index in [1.54, 1.807) is 0 Å². The van der Waals surface area contributed by atoms with E-state index in [4.69, 9.17) is 0 Å². The number of piperidine rings is 1. The number of nitrogens with one attached hydrogen (secondary N) is 2.